The highest BCUT2D eigenvalue weighted by Crippen LogP contribution is 2.70. The van der Waals surface area contributed by atoms with Crippen LogP contribution >= 0.6 is 0 Å². The molecule has 2 heterocycles. The molecule has 0 aromatic heterocycles. The Morgan fingerprint density at radius 3 is 2.47 bits per heavy atom. The van der Waals surface area contributed by atoms with E-state index >= 15 is 0 Å². The van der Waals surface area contributed by atoms with Crippen LogP contribution in [0.3, 0.4) is 0 Å². The molecule has 2 aliphatic heterocycles. The van der Waals surface area contributed by atoms with Crippen molar-refractivity contribution >= 4 is 17.3 Å². The van der Waals surface area contributed by atoms with Gasteiger partial charge in [-0.1, -0.05) is 0 Å². The van der Waals surface area contributed by atoms with Crippen LogP contribution in [0.25, 0.3) is 0 Å². The minimum absolute atomic E-state index is 0.0534. The first-order chi connectivity index (χ1) is 8.01. The van der Waals surface area contributed by atoms with Crippen molar-refractivity contribution in [2.24, 2.45) is 17.3 Å². The van der Waals surface area contributed by atoms with Gasteiger partial charge in [-0.25, -0.2) is 0 Å². The van der Waals surface area contributed by atoms with Gasteiger partial charge >= 0.3 is 0 Å². The van der Waals surface area contributed by atoms with E-state index in [1.54, 1.807) is 0 Å². The lowest BCUT2D eigenvalue weighted by atomic mass is 9.60. The Labute approximate surface area is 98.0 Å². The summed E-state index contributed by atoms with van der Waals surface area (Å²) < 4.78 is 5.81. The molecule has 17 heavy (non-hydrogen) atoms. The number of carbonyl (C=O) groups is 3. The van der Waals surface area contributed by atoms with Crippen LogP contribution in [-0.2, 0) is 19.1 Å². The van der Waals surface area contributed by atoms with Crippen molar-refractivity contribution in [1.82, 2.24) is 0 Å². The molecule has 4 aliphatic rings. The maximum atomic E-state index is 12.3. The first-order valence-electron chi connectivity index (χ1n) is 5.99. The lowest BCUT2D eigenvalue weighted by Gasteiger charge is -2.38. The van der Waals surface area contributed by atoms with Gasteiger partial charge in [0.15, 0.2) is 17.3 Å². The molecule has 3 fully saturated rings. The van der Waals surface area contributed by atoms with E-state index in [0.717, 1.165) is 12.8 Å². The van der Waals surface area contributed by atoms with Crippen molar-refractivity contribution in [3.8, 4) is 0 Å². The second-order valence-electron chi connectivity index (χ2n) is 5.73. The van der Waals surface area contributed by atoms with Gasteiger partial charge in [-0.05, 0) is 31.9 Å². The summed E-state index contributed by atoms with van der Waals surface area (Å²) in [5.74, 6) is -1.13. The summed E-state index contributed by atoms with van der Waals surface area (Å²) in [7, 11) is 0. The van der Waals surface area contributed by atoms with Crippen molar-refractivity contribution in [2.75, 3.05) is 0 Å². The van der Waals surface area contributed by atoms with Crippen molar-refractivity contribution < 1.29 is 19.1 Å². The molecule has 4 heteroatoms. The fraction of sp³-hybridized carbons (Fsp3) is 0.615. The van der Waals surface area contributed by atoms with Crippen molar-refractivity contribution in [3.63, 3.8) is 0 Å². The van der Waals surface area contributed by atoms with Crippen LogP contribution in [0, 0.1) is 17.3 Å². The molecule has 0 radical (unpaired) electrons. The van der Waals surface area contributed by atoms with Gasteiger partial charge < -0.3 is 4.74 Å². The molecule has 0 unspecified atom stereocenters. The van der Waals surface area contributed by atoms with E-state index in [9.17, 15) is 14.4 Å². The highest BCUT2D eigenvalue weighted by atomic mass is 16.5. The van der Waals surface area contributed by atoms with E-state index in [1.807, 2.05) is 6.92 Å². The monoisotopic (exact) mass is 232 g/mol. The molecule has 0 amide bonds. The van der Waals surface area contributed by atoms with Crippen LogP contribution in [0.1, 0.15) is 19.8 Å². The smallest absolute Gasteiger partial charge is 0.171 e. The number of carbonyl (C=O) groups excluding carboxylic acids is 3. The average Bonchev–Trinajstić information content (AvgIpc) is 2.99. The molecule has 2 aliphatic carbocycles. The summed E-state index contributed by atoms with van der Waals surface area (Å²) in [5.41, 5.74) is -1.20. The minimum Gasteiger partial charge on any atom is -0.362 e. The fourth-order valence-corrected chi connectivity index (χ4v) is 4.08. The Hall–Kier alpha value is -1.29. The molecular weight excluding hydrogens is 220 g/mol. The van der Waals surface area contributed by atoms with Gasteiger partial charge in [0.25, 0.3) is 0 Å². The van der Waals surface area contributed by atoms with Crippen molar-refractivity contribution in [3.05, 3.63) is 12.2 Å². The number of hydrogen-bond donors (Lipinski definition) is 0. The topological polar surface area (TPSA) is 60.4 Å². The summed E-state index contributed by atoms with van der Waals surface area (Å²) in [5, 5.41) is 0. The maximum absolute atomic E-state index is 12.3. The predicted octanol–water partition coefficient (Wildman–Crippen LogP) is 0.447. The number of ether oxygens (including phenoxy) is 1. The van der Waals surface area contributed by atoms with Gasteiger partial charge in [0.1, 0.15) is 6.10 Å². The minimum atomic E-state index is -0.739. The number of hydrogen-bond acceptors (Lipinski definition) is 4. The molecule has 1 saturated carbocycles. The zero-order valence-electron chi connectivity index (χ0n) is 9.43. The summed E-state index contributed by atoms with van der Waals surface area (Å²) >= 11 is 0. The molecule has 1 spiro atoms. The highest BCUT2D eigenvalue weighted by Gasteiger charge is 2.80. The van der Waals surface area contributed by atoms with Crippen LogP contribution in [0.15, 0.2) is 12.2 Å². The molecular formula is C13H12O4. The Morgan fingerprint density at radius 1 is 1.18 bits per heavy atom. The molecule has 2 bridgehead atoms. The average molecular weight is 232 g/mol. The van der Waals surface area contributed by atoms with Gasteiger partial charge in [-0.2, -0.15) is 0 Å². The van der Waals surface area contributed by atoms with E-state index in [1.165, 1.54) is 12.2 Å². The lowest BCUT2D eigenvalue weighted by molar-refractivity contribution is -0.139. The largest absolute Gasteiger partial charge is 0.362 e. The second kappa shape index (κ2) is 2.43. The van der Waals surface area contributed by atoms with Gasteiger partial charge in [-0.3, -0.25) is 14.4 Å². The quantitative estimate of drug-likeness (QED) is 0.608. The Kier molecular flexibility index (Phi) is 1.39. The molecule has 0 N–H and O–H groups in total. The lowest BCUT2D eigenvalue weighted by Crippen LogP contribution is -2.54. The first kappa shape index (κ1) is 9.71. The summed E-state index contributed by atoms with van der Waals surface area (Å²) in [4.78, 5) is 36.1. The van der Waals surface area contributed by atoms with E-state index in [2.05, 4.69) is 0 Å². The van der Waals surface area contributed by atoms with Crippen LogP contribution in [-0.4, -0.2) is 29.1 Å². The molecule has 4 rings (SSSR count). The first-order valence-corrected chi connectivity index (χ1v) is 5.99. The number of rotatable bonds is 0. The standard InChI is InChI=1S/C13H12O4/c1-12-9-7(15)3-2-6(14)8(9)10(17-12)11(16)13(12)4-5-13/h2-3,8-10H,4-5H2,1H3/t8-,9+,10-,12+/m1/s1. The van der Waals surface area contributed by atoms with Gasteiger partial charge in [0.05, 0.1) is 22.9 Å². The van der Waals surface area contributed by atoms with E-state index in [0.29, 0.717) is 0 Å². The third-order valence-electron chi connectivity index (χ3n) is 5.13. The highest BCUT2D eigenvalue weighted by molar-refractivity contribution is 6.13. The number of Topliss-reactive ketones (excluding diaryl/α,β-unsaturated/α-hetero) is 1. The van der Waals surface area contributed by atoms with Crippen LogP contribution in [0.4, 0.5) is 0 Å². The molecule has 4 nitrogen and oxygen atoms in total. The van der Waals surface area contributed by atoms with Crippen molar-refractivity contribution in [1.29, 1.82) is 0 Å². The van der Waals surface area contributed by atoms with Crippen LogP contribution in [0.2, 0.25) is 0 Å². The summed E-state index contributed by atoms with van der Waals surface area (Å²) in [6, 6.07) is 0. The number of fused-ring (bicyclic) bond motifs is 6. The van der Waals surface area contributed by atoms with Crippen LogP contribution in [0.5, 0.6) is 0 Å². The Morgan fingerprint density at radius 2 is 1.82 bits per heavy atom. The molecule has 2 saturated heterocycles. The zero-order chi connectivity index (χ0) is 12.0. The van der Waals surface area contributed by atoms with E-state index in [-0.39, 0.29) is 17.3 Å². The molecule has 0 aromatic carbocycles. The van der Waals surface area contributed by atoms with Gasteiger partial charge in [-0.15, -0.1) is 0 Å². The molecule has 88 valence electrons. The van der Waals surface area contributed by atoms with E-state index in [4.69, 9.17) is 4.74 Å². The second-order valence-corrected chi connectivity index (χ2v) is 5.73. The summed E-state index contributed by atoms with van der Waals surface area (Å²) in [6.45, 7) is 1.84. The van der Waals surface area contributed by atoms with Gasteiger partial charge in [0.2, 0.25) is 0 Å². The maximum Gasteiger partial charge on any atom is 0.171 e. The normalized spacial score (nSPS) is 49.0. The number of ketones is 3. The van der Waals surface area contributed by atoms with Crippen molar-refractivity contribution in [2.45, 2.75) is 31.5 Å². The van der Waals surface area contributed by atoms with Crippen LogP contribution < -0.4 is 0 Å². The molecule has 0 aromatic rings. The zero-order valence-corrected chi connectivity index (χ0v) is 9.43. The third-order valence-corrected chi connectivity index (χ3v) is 5.13. The SMILES string of the molecule is C[C@@]12O[C@@H](C(=O)C13CC3)[C@@H]1C(=O)C=CC(=O)[C@@H]12. The molecule has 4 atom stereocenters. The number of allylic oxidation sites excluding steroid dienone is 2. The fourth-order valence-electron chi connectivity index (χ4n) is 4.08. The Balaban J connectivity index is 1.92. The summed E-state index contributed by atoms with van der Waals surface area (Å²) in [6.07, 6.45) is 3.57. The van der Waals surface area contributed by atoms with Gasteiger partial charge in [0, 0.05) is 0 Å². The predicted molar refractivity (Wildman–Crippen MR) is 56.1 cm³/mol. The van der Waals surface area contributed by atoms with E-state index < -0.39 is 29.0 Å². The Bertz CT molecular complexity index is 514. The third kappa shape index (κ3) is 0.794.